The van der Waals surface area contributed by atoms with Crippen molar-refractivity contribution in [2.24, 2.45) is 11.3 Å². The maximum Gasteiger partial charge on any atom is 0.313 e. The smallest absolute Gasteiger partial charge is 0.313 e. The van der Waals surface area contributed by atoms with E-state index in [9.17, 15) is 9.90 Å². The third kappa shape index (κ3) is 2.03. The molecule has 2 atom stereocenters. The van der Waals surface area contributed by atoms with E-state index in [-0.39, 0.29) is 5.92 Å². The second-order valence-corrected chi connectivity index (χ2v) is 4.70. The van der Waals surface area contributed by atoms with Gasteiger partial charge in [0.25, 0.3) is 0 Å². The van der Waals surface area contributed by atoms with Crippen LogP contribution in [-0.4, -0.2) is 11.1 Å². The van der Waals surface area contributed by atoms with Gasteiger partial charge in [-0.3, -0.25) is 4.79 Å². The summed E-state index contributed by atoms with van der Waals surface area (Å²) in [7, 11) is 0. The molecule has 88 valence electrons. The van der Waals surface area contributed by atoms with Crippen molar-refractivity contribution in [3.05, 3.63) is 54.1 Å². The Balaban J connectivity index is 2.34. The average molecular weight is 228 g/mol. The fraction of sp³-hybridized carbons (Fsp3) is 0.267. The highest BCUT2D eigenvalue weighted by Crippen LogP contribution is 2.37. The maximum absolute atomic E-state index is 11.2. The first-order valence-electron chi connectivity index (χ1n) is 5.74. The van der Waals surface area contributed by atoms with Crippen LogP contribution >= 0.6 is 0 Å². The largest absolute Gasteiger partial charge is 0.481 e. The molecule has 0 saturated heterocycles. The Morgan fingerprint density at radius 3 is 2.47 bits per heavy atom. The number of carbonyl (C=O) groups is 1. The molecule has 0 radical (unpaired) electrons. The van der Waals surface area contributed by atoms with Gasteiger partial charge in [0.15, 0.2) is 0 Å². The van der Waals surface area contributed by atoms with Crippen molar-refractivity contribution in [1.82, 2.24) is 0 Å². The predicted molar refractivity (Wildman–Crippen MR) is 68.5 cm³/mol. The lowest BCUT2D eigenvalue weighted by atomic mass is 9.73. The predicted octanol–water partition coefficient (Wildman–Crippen LogP) is 3.37. The van der Waals surface area contributed by atoms with Gasteiger partial charge in [0.05, 0.1) is 5.41 Å². The van der Waals surface area contributed by atoms with Crippen molar-refractivity contribution in [1.29, 1.82) is 0 Å². The molecule has 2 heteroatoms. The molecule has 17 heavy (non-hydrogen) atoms. The summed E-state index contributed by atoms with van der Waals surface area (Å²) in [6, 6.07) is 10.0. The molecule has 1 aromatic rings. The van der Waals surface area contributed by atoms with Gasteiger partial charge in [-0.2, -0.15) is 0 Å². The van der Waals surface area contributed by atoms with Crippen molar-refractivity contribution in [2.75, 3.05) is 0 Å². The Morgan fingerprint density at radius 2 is 1.94 bits per heavy atom. The van der Waals surface area contributed by atoms with Gasteiger partial charge in [0.2, 0.25) is 0 Å². The summed E-state index contributed by atoms with van der Waals surface area (Å²) in [5, 5.41) is 9.24. The van der Waals surface area contributed by atoms with E-state index in [2.05, 4.69) is 0 Å². The number of aliphatic carboxylic acids is 1. The molecule has 0 saturated carbocycles. The highest BCUT2D eigenvalue weighted by atomic mass is 16.4. The zero-order valence-corrected chi connectivity index (χ0v) is 10.1. The van der Waals surface area contributed by atoms with Crippen LogP contribution in [0.3, 0.4) is 0 Å². The monoisotopic (exact) mass is 228 g/mol. The highest BCUT2D eigenvalue weighted by Gasteiger charge is 2.37. The van der Waals surface area contributed by atoms with E-state index in [1.165, 1.54) is 0 Å². The highest BCUT2D eigenvalue weighted by molar-refractivity contribution is 5.83. The van der Waals surface area contributed by atoms with Crippen LogP contribution in [0.1, 0.15) is 19.4 Å². The number of carboxylic acids is 1. The van der Waals surface area contributed by atoms with Gasteiger partial charge in [-0.25, -0.2) is 0 Å². The second-order valence-electron chi connectivity index (χ2n) is 4.70. The summed E-state index contributed by atoms with van der Waals surface area (Å²) < 4.78 is 0. The maximum atomic E-state index is 11.2. The molecule has 2 rings (SSSR count). The van der Waals surface area contributed by atoms with Crippen molar-refractivity contribution in [3.8, 4) is 0 Å². The quantitative estimate of drug-likeness (QED) is 0.842. The van der Waals surface area contributed by atoms with Crippen molar-refractivity contribution in [2.45, 2.75) is 13.8 Å². The summed E-state index contributed by atoms with van der Waals surface area (Å²) in [5.74, 6) is -0.787. The number of benzene rings is 1. The van der Waals surface area contributed by atoms with Crippen LogP contribution in [0.25, 0.3) is 5.57 Å². The minimum Gasteiger partial charge on any atom is -0.481 e. The van der Waals surface area contributed by atoms with Crippen LogP contribution in [0.15, 0.2) is 48.6 Å². The van der Waals surface area contributed by atoms with E-state index in [1.54, 1.807) is 13.0 Å². The molecular formula is C15H16O2. The fourth-order valence-electron chi connectivity index (χ4n) is 2.00. The molecule has 1 aliphatic rings. The van der Waals surface area contributed by atoms with Gasteiger partial charge >= 0.3 is 5.97 Å². The topological polar surface area (TPSA) is 37.3 Å². The second kappa shape index (κ2) is 4.21. The Bertz CT molecular complexity index is 485. The number of hydrogen-bond donors (Lipinski definition) is 1. The van der Waals surface area contributed by atoms with E-state index in [4.69, 9.17) is 0 Å². The van der Waals surface area contributed by atoms with Crippen LogP contribution in [-0.2, 0) is 4.79 Å². The Kier molecular flexibility index (Phi) is 2.88. The molecule has 0 fully saturated rings. The standard InChI is InChI=1S/C15H16O2/c1-11-10-13(12-6-4-3-5-7-12)8-9-15(11,2)14(16)17/h3-11H,1-2H3,(H,16,17). The zero-order valence-electron chi connectivity index (χ0n) is 10.1. The van der Waals surface area contributed by atoms with E-state index >= 15 is 0 Å². The van der Waals surface area contributed by atoms with Gasteiger partial charge in [0.1, 0.15) is 0 Å². The average Bonchev–Trinajstić information content (AvgIpc) is 2.33. The third-order valence-corrected chi connectivity index (χ3v) is 3.55. The van der Waals surface area contributed by atoms with E-state index in [0.717, 1.165) is 11.1 Å². The first-order valence-corrected chi connectivity index (χ1v) is 5.74. The molecule has 1 aliphatic carbocycles. The Labute approximate surface area is 101 Å². The van der Waals surface area contributed by atoms with Gasteiger partial charge in [0, 0.05) is 0 Å². The molecule has 0 bridgehead atoms. The summed E-state index contributed by atoms with van der Waals surface area (Å²) in [4.78, 5) is 11.2. The van der Waals surface area contributed by atoms with Crippen molar-refractivity contribution < 1.29 is 9.90 Å². The number of allylic oxidation sites excluding steroid dienone is 3. The minimum absolute atomic E-state index is 0.0137. The van der Waals surface area contributed by atoms with Crippen LogP contribution in [0.5, 0.6) is 0 Å². The molecule has 1 N–H and O–H groups in total. The van der Waals surface area contributed by atoms with Crippen molar-refractivity contribution >= 4 is 11.5 Å². The Morgan fingerprint density at radius 1 is 1.29 bits per heavy atom. The van der Waals surface area contributed by atoms with Gasteiger partial charge < -0.3 is 5.11 Å². The molecule has 0 heterocycles. The summed E-state index contributed by atoms with van der Waals surface area (Å²) in [6.45, 7) is 3.70. The minimum atomic E-state index is -0.793. The molecule has 2 nitrogen and oxygen atoms in total. The number of carboxylic acid groups (broad SMARTS) is 1. The number of hydrogen-bond acceptors (Lipinski definition) is 1. The molecule has 2 unspecified atom stereocenters. The van der Waals surface area contributed by atoms with Gasteiger partial charge in [-0.05, 0) is 24.0 Å². The third-order valence-electron chi connectivity index (χ3n) is 3.55. The van der Waals surface area contributed by atoms with Crippen molar-refractivity contribution in [3.63, 3.8) is 0 Å². The summed E-state index contributed by atoms with van der Waals surface area (Å²) in [6.07, 6.45) is 5.73. The van der Waals surface area contributed by atoms with Crippen LogP contribution in [0, 0.1) is 11.3 Å². The van der Waals surface area contributed by atoms with Gasteiger partial charge in [-0.15, -0.1) is 0 Å². The first-order chi connectivity index (χ1) is 8.04. The normalized spacial score (nSPS) is 27.6. The fourth-order valence-corrected chi connectivity index (χ4v) is 2.00. The lowest BCUT2D eigenvalue weighted by molar-refractivity contribution is -0.146. The summed E-state index contributed by atoms with van der Waals surface area (Å²) in [5.41, 5.74) is 1.43. The van der Waals surface area contributed by atoms with Gasteiger partial charge in [-0.1, -0.05) is 55.5 Å². The lowest BCUT2D eigenvalue weighted by Crippen LogP contribution is -2.33. The van der Waals surface area contributed by atoms with E-state index < -0.39 is 11.4 Å². The molecule has 0 spiro atoms. The van der Waals surface area contributed by atoms with Crippen LogP contribution in [0.4, 0.5) is 0 Å². The lowest BCUT2D eigenvalue weighted by Gasteiger charge is -2.30. The van der Waals surface area contributed by atoms with E-state index in [0.29, 0.717) is 0 Å². The zero-order chi connectivity index (χ0) is 12.5. The molecular weight excluding hydrogens is 212 g/mol. The molecule has 0 amide bonds. The SMILES string of the molecule is CC1C=C(c2ccccc2)C=CC1(C)C(=O)O. The molecule has 0 aromatic heterocycles. The molecule has 0 aliphatic heterocycles. The van der Waals surface area contributed by atoms with Crippen LogP contribution < -0.4 is 0 Å². The van der Waals surface area contributed by atoms with Crippen LogP contribution in [0.2, 0.25) is 0 Å². The number of rotatable bonds is 2. The van der Waals surface area contributed by atoms with E-state index in [1.807, 2.05) is 49.4 Å². The Hall–Kier alpha value is -1.83. The molecule has 1 aromatic carbocycles. The summed E-state index contributed by atoms with van der Waals surface area (Å²) >= 11 is 0. The first kappa shape index (κ1) is 11.6.